The number of hydrazine groups is 1. The van der Waals surface area contributed by atoms with Crippen LogP contribution in [0.5, 0.6) is 0 Å². The van der Waals surface area contributed by atoms with Gasteiger partial charge in [0.15, 0.2) is 0 Å². The summed E-state index contributed by atoms with van der Waals surface area (Å²) in [5.41, 5.74) is 3.40. The molecule has 0 radical (unpaired) electrons. The van der Waals surface area contributed by atoms with Crippen LogP contribution >= 0.6 is 0 Å². The van der Waals surface area contributed by atoms with Gasteiger partial charge in [-0.2, -0.15) is 5.10 Å². The first-order valence-corrected chi connectivity index (χ1v) is 7.16. The summed E-state index contributed by atoms with van der Waals surface area (Å²) >= 11 is 0. The average Bonchev–Trinajstić information content (AvgIpc) is 2.86. The van der Waals surface area contributed by atoms with Crippen LogP contribution in [0, 0.1) is 11.7 Å². The van der Waals surface area contributed by atoms with Gasteiger partial charge in [-0.05, 0) is 24.0 Å². The van der Waals surface area contributed by atoms with E-state index in [2.05, 4.69) is 29.4 Å². The van der Waals surface area contributed by atoms with Crippen molar-refractivity contribution in [2.45, 2.75) is 39.3 Å². The van der Waals surface area contributed by atoms with Gasteiger partial charge < -0.3 is 0 Å². The molecule has 0 bridgehead atoms. The number of hydrogen-bond donors (Lipinski definition) is 2. The van der Waals surface area contributed by atoms with Crippen molar-refractivity contribution in [3.63, 3.8) is 0 Å². The van der Waals surface area contributed by atoms with E-state index >= 15 is 0 Å². The molecular formula is C15H22FN5. The predicted octanol–water partition coefficient (Wildman–Crippen LogP) is 1.69. The number of nitrogens with zero attached hydrogens (tertiary/aromatic N) is 3. The summed E-state index contributed by atoms with van der Waals surface area (Å²) < 4.78 is 15.6. The number of aromatic nitrogens is 3. The second-order valence-corrected chi connectivity index (χ2v) is 5.62. The molecule has 0 aliphatic heterocycles. The average molecular weight is 291 g/mol. The minimum absolute atomic E-state index is 0.0861. The Balaban J connectivity index is 2.06. The van der Waals surface area contributed by atoms with E-state index in [1.54, 1.807) is 18.5 Å². The summed E-state index contributed by atoms with van der Waals surface area (Å²) in [5, 5.41) is 4.23. The van der Waals surface area contributed by atoms with Crippen LogP contribution in [-0.4, -0.2) is 20.8 Å². The van der Waals surface area contributed by atoms with Crippen molar-refractivity contribution in [1.29, 1.82) is 0 Å². The van der Waals surface area contributed by atoms with Crippen molar-refractivity contribution in [3.05, 3.63) is 47.8 Å². The third-order valence-corrected chi connectivity index (χ3v) is 3.32. The zero-order valence-electron chi connectivity index (χ0n) is 12.5. The first kappa shape index (κ1) is 15.6. The second-order valence-electron chi connectivity index (χ2n) is 5.62. The van der Waals surface area contributed by atoms with Crippen LogP contribution in [0.25, 0.3) is 0 Å². The number of rotatable bonds is 7. The molecule has 0 saturated heterocycles. The van der Waals surface area contributed by atoms with E-state index in [-0.39, 0.29) is 11.9 Å². The highest BCUT2D eigenvalue weighted by atomic mass is 19.1. The maximum Gasteiger partial charge on any atom is 0.138 e. The normalized spacial score (nSPS) is 12.8. The summed E-state index contributed by atoms with van der Waals surface area (Å²) in [5.74, 6) is 6.75. The van der Waals surface area contributed by atoms with Crippen molar-refractivity contribution in [2.75, 3.05) is 0 Å². The lowest BCUT2D eigenvalue weighted by molar-refractivity contribution is 0.438. The largest absolute Gasteiger partial charge is 0.271 e. The van der Waals surface area contributed by atoms with Crippen LogP contribution in [0.3, 0.4) is 0 Å². The van der Waals surface area contributed by atoms with E-state index in [1.807, 2.05) is 10.7 Å². The molecule has 0 aliphatic rings. The number of nitrogens with one attached hydrogen (secondary N) is 1. The number of benzene rings is 1. The summed E-state index contributed by atoms with van der Waals surface area (Å²) in [6.07, 6.45) is 2.67. The van der Waals surface area contributed by atoms with E-state index in [0.29, 0.717) is 24.3 Å². The monoisotopic (exact) mass is 291 g/mol. The Morgan fingerprint density at radius 3 is 2.71 bits per heavy atom. The molecular weight excluding hydrogens is 269 g/mol. The van der Waals surface area contributed by atoms with Gasteiger partial charge in [0.2, 0.25) is 0 Å². The molecule has 1 aromatic carbocycles. The molecule has 2 rings (SSSR count). The van der Waals surface area contributed by atoms with Gasteiger partial charge in [-0.25, -0.2) is 14.1 Å². The van der Waals surface area contributed by atoms with Gasteiger partial charge in [0.05, 0.1) is 0 Å². The Morgan fingerprint density at radius 1 is 1.29 bits per heavy atom. The lowest BCUT2D eigenvalue weighted by atomic mass is 10.0. The van der Waals surface area contributed by atoms with Crippen LogP contribution in [0.1, 0.15) is 25.2 Å². The first-order valence-electron chi connectivity index (χ1n) is 7.16. The molecule has 3 N–H and O–H groups in total. The van der Waals surface area contributed by atoms with Gasteiger partial charge in [0.1, 0.15) is 18.0 Å². The van der Waals surface area contributed by atoms with Crippen molar-refractivity contribution < 1.29 is 4.39 Å². The summed E-state index contributed by atoms with van der Waals surface area (Å²) in [6.45, 7) is 5.07. The number of hydrogen-bond acceptors (Lipinski definition) is 4. The Hall–Kier alpha value is -1.79. The SMILES string of the molecule is CC(C)Cn1ncnc1CC(Cc1ccccc1F)NN. The molecule has 5 nitrogen and oxygen atoms in total. The molecule has 0 aliphatic carbocycles. The highest BCUT2D eigenvalue weighted by molar-refractivity contribution is 5.18. The molecule has 2 aromatic rings. The lowest BCUT2D eigenvalue weighted by Crippen LogP contribution is -2.39. The van der Waals surface area contributed by atoms with Crippen molar-refractivity contribution in [3.8, 4) is 0 Å². The molecule has 1 aromatic heterocycles. The molecule has 1 atom stereocenters. The Kier molecular flexibility index (Phi) is 5.41. The highest BCUT2D eigenvalue weighted by Crippen LogP contribution is 2.12. The Bertz CT molecular complexity index is 567. The van der Waals surface area contributed by atoms with Gasteiger partial charge in [-0.3, -0.25) is 11.3 Å². The Labute approximate surface area is 124 Å². The minimum atomic E-state index is -0.207. The first-order chi connectivity index (χ1) is 10.1. The van der Waals surface area contributed by atoms with Gasteiger partial charge in [0.25, 0.3) is 0 Å². The summed E-state index contributed by atoms with van der Waals surface area (Å²) in [4.78, 5) is 4.28. The molecule has 114 valence electrons. The summed E-state index contributed by atoms with van der Waals surface area (Å²) in [7, 11) is 0. The van der Waals surface area contributed by atoms with Gasteiger partial charge in [0, 0.05) is 19.0 Å². The van der Waals surface area contributed by atoms with Crippen molar-refractivity contribution in [2.24, 2.45) is 11.8 Å². The molecule has 1 unspecified atom stereocenters. The molecule has 0 saturated carbocycles. The fraction of sp³-hybridized carbons (Fsp3) is 0.467. The topological polar surface area (TPSA) is 68.8 Å². The minimum Gasteiger partial charge on any atom is -0.271 e. The van der Waals surface area contributed by atoms with Crippen LogP contribution in [0.4, 0.5) is 4.39 Å². The van der Waals surface area contributed by atoms with Gasteiger partial charge in [-0.1, -0.05) is 32.0 Å². The molecule has 0 amide bonds. The van der Waals surface area contributed by atoms with Crippen molar-refractivity contribution >= 4 is 0 Å². The molecule has 21 heavy (non-hydrogen) atoms. The van der Waals surface area contributed by atoms with E-state index in [9.17, 15) is 4.39 Å². The zero-order chi connectivity index (χ0) is 15.2. The fourth-order valence-corrected chi connectivity index (χ4v) is 2.28. The van der Waals surface area contributed by atoms with Crippen LogP contribution in [-0.2, 0) is 19.4 Å². The third kappa shape index (κ3) is 4.34. The van der Waals surface area contributed by atoms with Crippen molar-refractivity contribution in [1.82, 2.24) is 20.2 Å². The molecule has 0 spiro atoms. The van der Waals surface area contributed by atoms with E-state index in [0.717, 1.165) is 12.4 Å². The highest BCUT2D eigenvalue weighted by Gasteiger charge is 2.15. The van der Waals surface area contributed by atoms with Crippen LogP contribution < -0.4 is 11.3 Å². The van der Waals surface area contributed by atoms with E-state index < -0.39 is 0 Å². The standard InChI is InChI=1S/C15H22FN5/c1-11(2)9-21-15(18-10-19-21)8-13(20-17)7-12-5-3-4-6-14(12)16/h3-6,10-11,13,20H,7-9,17H2,1-2H3. The second kappa shape index (κ2) is 7.28. The maximum absolute atomic E-state index is 13.7. The van der Waals surface area contributed by atoms with Crippen LogP contribution in [0.15, 0.2) is 30.6 Å². The van der Waals surface area contributed by atoms with Crippen LogP contribution in [0.2, 0.25) is 0 Å². The van der Waals surface area contributed by atoms with E-state index in [1.165, 1.54) is 6.07 Å². The molecule has 0 fully saturated rings. The molecule has 6 heteroatoms. The zero-order valence-corrected chi connectivity index (χ0v) is 12.5. The predicted molar refractivity (Wildman–Crippen MR) is 79.8 cm³/mol. The lowest BCUT2D eigenvalue weighted by Gasteiger charge is -2.17. The van der Waals surface area contributed by atoms with Gasteiger partial charge >= 0.3 is 0 Å². The maximum atomic E-state index is 13.7. The number of halogens is 1. The summed E-state index contributed by atoms with van der Waals surface area (Å²) in [6, 6.07) is 6.66. The van der Waals surface area contributed by atoms with E-state index in [4.69, 9.17) is 5.84 Å². The Morgan fingerprint density at radius 2 is 2.05 bits per heavy atom. The molecule has 1 heterocycles. The fourth-order valence-electron chi connectivity index (χ4n) is 2.28. The smallest absolute Gasteiger partial charge is 0.138 e. The van der Waals surface area contributed by atoms with Gasteiger partial charge in [-0.15, -0.1) is 0 Å². The third-order valence-electron chi connectivity index (χ3n) is 3.32. The number of nitrogens with two attached hydrogens (primary N) is 1. The quantitative estimate of drug-likeness (QED) is 0.602.